The SMILES string of the molecule is CCn1c(CN(Cc2nc3ccccc3n2CC)CC([O-])CN(Cc2nc3ccccc3n2CC)Cc2nc3ccccc3n2CC)nc2ccccc21.CN(C)C=O.CN(C)C=O.F[B-](F)(F)F.F[B-](F)(F)F.F[B-](F)(F)F.[Fe+3].[Fe+4].[N]=O.[OH-]. The molecule has 0 bridgehead atoms. The van der Waals surface area contributed by atoms with Crippen LogP contribution in [-0.2, 0) is 96.1 Å². The van der Waals surface area contributed by atoms with Crippen LogP contribution in [0.4, 0.5) is 51.8 Å². The molecule has 4 aromatic heterocycles. The van der Waals surface area contributed by atoms with Crippen molar-refractivity contribution in [3.05, 3.63) is 125 Å². The summed E-state index contributed by atoms with van der Waals surface area (Å²) in [5, 5.41) is 14.6. The van der Waals surface area contributed by atoms with Gasteiger partial charge in [0.2, 0.25) is 12.8 Å². The molecular formula is C49H64B3F12Fe2N13O5+2. The average molecular weight is 1290 g/mol. The molecule has 462 valence electrons. The van der Waals surface area contributed by atoms with Crippen LogP contribution in [0.1, 0.15) is 51.0 Å². The predicted octanol–water partition coefficient (Wildman–Crippen LogP) is 9.28. The van der Waals surface area contributed by atoms with Gasteiger partial charge in [0.1, 0.15) is 28.9 Å². The van der Waals surface area contributed by atoms with Crippen LogP contribution in [0.3, 0.4) is 0 Å². The summed E-state index contributed by atoms with van der Waals surface area (Å²) in [7, 11) is -11.2. The number of rotatable bonds is 18. The molecule has 0 fully saturated rings. The van der Waals surface area contributed by atoms with Crippen LogP contribution >= 0.6 is 0 Å². The number of benzene rings is 4. The molecule has 18 nitrogen and oxygen atoms in total. The fraction of sp³-hybridized carbons (Fsp3) is 0.388. The van der Waals surface area contributed by atoms with E-state index < -0.39 is 27.9 Å². The summed E-state index contributed by atoms with van der Waals surface area (Å²) in [6.07, 6.45) is 0.572. The molecule has 2 amide bonds. The number of aromatic nitrogens is 8. The number of carbonyl (C=O) groups is 2. The maximum atomic E-state index is 14.6. The number of halogens is 12. The van der Waals surface area contributed by atoms with Gasteiger partial charge in [-0.25, -0.2) is 19.9 Å². The largest absolute Gasteiger partial charge is 4.00 e. The van der Waals surface area contributed by atoms with Crippen LogP contribution in [0.2, 0.25) is 0 Å². The number of nitroso groups, excluding NO2 is 1. The number of hydrogen-bond acceptors (Lipinski definition) is 11. The van der Waals surface area contributed by atoms with Crippen molar-refractivity contribution in [2.75, 3.05) is 41.3 Å². The van der Waals surface area contributed by atoms with Gasteiger partial charge in [0.25, 0.3) is 0 Å². The second-order valence-corrected chi connectivity index (χ2v) is 17.6. The molecular weight excluding hydrogens is 1220 g/mol. The maximum Gasteiger partial charge on any atom is 4.00 e. The van der Waals surface area contributed by atoms with Gasteiger partial charge in [-0.1, -0.05) is 48.5 Å². The third-order valence-electron chi connectivity index (χ3n) is 11.0. The van der Waals surface area contributed by atoms with E-state index >= 15 is 0 Å². The molecule has 0 atom stereocenters. The molecule has 0 saturated heterocycles. The minimum Gasteiger partial charge on any atom is -0.870 e. The van der Waals surface area contributed by atoms with Crippen molar-refractivity contribution in [1.29, 1.82) is 0 Å². The Morgan fingerprint density at radius 3 is 0.774 bits per heavy atom. The van der Waals surface area contributed by atoms with E-state index in [0.717, 1.165) is 106 Å². The molecule has 0 aliphatic rings. The topological polar surface area (TPSA) is 211 Å². The Labute approximate surface area is 498 Å². The standard InChI is InChI=1S/C43H49N10O.2C3H7NO.3BF4.2Fe.NO.H2O/c1-5-50-36-21-13-9-17-32(36)44-40(50)27-48(28-41-45-33-18-10-14-22-37(33)51(41)6-2)25-31(54)26-49(29-42-46-34-19-11-15-23-38(34)52(42)7-3)30-43-47-35-20-12-16-24-39(35)53(43)8-4;2*1-4(2)3-5;3*2-1(3,4)5;;;1-2;/h9-24,31H,5-8,25-30H2,1-4H3;2*3H,1-2H3;;;;;;;1H2/q-1;;;3*-1;+3;+4;;/p-1. The molecule has 0 unspecified atom stereocenters. The third-order valence-corrected chi connectivity index (χ3v) is 11.0. The first kappa shape index (κ1) is 79.6. The molecule has 8 aromatic rings. The van der Waals surface area contributed by atoms with Gasteiger partial charge in [0.15, 0.2) is 0 Å². The first-order valence-electron chi connectivity index (χ1n) is 24.9. The summed E-state index contributed by atoms with van der Waals surface area (Å²) in [4.78, 5) is 53.8. The number of carbonyl (C=O) groups excluding carboxylic acids is 2. The zero-order valence-electron chi connectivity index (χ0n) is 46.9. The number of hydrogen-bond donors (Lipinski definition) is 0. The maximum absolute atomic E-state index is 14.6. The predicted molar refractivity (Wildman–Crippen MR) is 291 cm³/mol. The quantitative estimate of drug-likeness (QED) is 0.0449. The van der Waals surface area contributed by atoms with Gasteiger partial charge in [-0.15, -0.1) is 11.0 Å². The number of para-hydroxylation sites is 8. The second kappa shape index (κ2) is 38.5. The van der Waals surface area contributed by atoms with E-state index in [1.54, 1.807) is 28.2 Å². The van der Waals surface area contributed by atoms with Crippen molar-refractivity contribution in [2.45, 2.75) is 86.2 Å². The Hall–Kier alpha value is -6.47. The molecule has 1 N–H and O–H groups in total. The minimum atomic E-state index is -6.00. The molecule has 0 spiro atoms. The van der Waals surface area contributed by atoms with E-state index in [9.17, 15) is 66.5 Å². The Balaban J connectivity index is 0. The summed E-state index contributed by atoms with van der Waals surface area (Å²) >= 11 is 0. The fourth-order valence-corrected chi connectivity index (χ4v) is 8.20. The van der Waals surface area contributed by atoms with Crippen molar-refractivity contribution in [1.82, 2.24) is 63.4 Å². The normalized spacial score (nSPS) is 10.9. The first-order chi connectivity index (χ1) is 38.0. The molecule has 84 heavy (non-hydrogen) atoms. The Bertz CT molecular complexity index is 2750. The average Bonchev–Trinajstić information content (AvgIpc) is 4.15. The zero-order valence-corrected chi connectivity index (χ0v) is 49.1. The van der Waals surface area contributed by atoms with Crippen molar-refractivity contribution in [3.63, 3.8) is 0 Å². The smallest absolute Gasteiger partial charge is 0.870 e. The van der Waals surface area contributed by atoms with E-state index in [1.807, 2.05) is 24.3 Å². The van der Waals surface area contributed by atoms with Crippen LogP contribution in [0.15, 0.2) is 97.1 Å². The molecule has 0 aliphatic carbocycles. The van der Waals surface area contributed by atoms with E-state index in [0.29, 0.717) is 39.3 Å². The molecule has 0 aliphatic heterocycles. The first-order valence-corrected chi connectivity index (χ1v) is 24.9. The minimum absolute atomic E-state index is 0. The Morgan fingerprint density at radius 2 is 0.619 bits per heavy atom. The summed E-state index contributed by atoms with van der Waals surface area (Å²) < 4.78 is 126. The van der Waals surface area contributed by atoms with Gasteiger partial charge in [-0.3, -0.25) is 19.4 Å². The summed E-state index contributed by atoms with van der Waals surface area (Å²) in [6.45, 7) is 14.6. The van der Waals surface area contributed by atoms with Gasteiger partial charge in [-0.2, -0.15) is 0 Å². The molecule has 2 radical (unpaired) electrons. The van der Waals surface area contributed by atoms with Gasteiger partial charge >= 0.3 is 55.9 Å². The van der Waals surface area contributed by atoms with Crippen LogP contribution in [-0.4, -0.2) is 145 Å². The van der Waals surface area contributed by atoms with Crippen molar-refractivity contribution >= 4 is 78.7 Å². The summed E-state index contributed by atoms with van der Waals surface area (Å²) in [5.74, 6) is 3.82. The number of nitrogens with zero attached hydrogens (tertiary/aromatic N) is 13. The third kappa shape index (κ3) is 28.4. The van der Waals surface area contributed by atoms with Gasteiger partial charge in [-0.05, 0) is 89.3 Å². The second-order valence-electron chi connectivity index (χ2n) is 17.6. The summed E-state index contributed by atoms with van der Waals surface area (Å²) in [5.41, 5.74) is 14.1. The number of amides is 2. The van der Waals surface area contributed by atoms with Crippen LogP contribution < -0.4 is 10.7 Å². The molecule has 4 aromatic carbocycles. The number of aryl methyl sites for hydroxylation is 4. The van der Waals surface area contributed by atoms with Crippen LogP contribution in [0, 0.1) is 4.91 Å². The Morgan fingerprint density at radius 1 is 0.452 bits per heavy atom. The van der Waals surface area contributed by atoms with Gasteiger partial charge < -0.3 is 90.4 Å². The van der Waals surface area contributed by atoms with Gasteiger partial charge in [0.05, 0.1) is 70.3 Å². The van der Waals surface area contributed by atoms with Crippen molar-refractivity contribution in [2.24, 2.45) is 0 Å². The van der Waals surface area contributed by atoms with Crippen molar-refractivity contribution < 1.29 is 106 Å². The number of imidazole rings is 4. The molecule has 35 heteroatoms. The summed E-state index contributed by atoms with van der Waals surface area (Å²) in [6, 6.07) is 33.1. The van der Waals surface area contributed by atoms with Crippen molar-refractivity contribution in [3.8, 4) is 0 Å². The van der Waals surface area contributed by atoms with E-state index in [-0.39, 0.29) is 39.6 Å². The van der Waals surface area contributed by atoms with E-state index in [1.165, 1.54) is 9.80 Å². The van der Waals surface area contributed by atoms with Crippen LogP contribution in [0.25, 0.3) is 44.1 Å². The Kier molecular flexibility index (Phi) is 36.5. The van der Waals surface area contributed by atoms with E-state index in [2.05, 4.69) is 129 Å². The van der Waals surface area contributed by atoms with E-state index in [4.69, 9.17) is 30.4 Å². The monoisotopic (exact) mass is 1290 g/mol. The number of fused-ring (bicyclic) bond motifs is 4. The molecule has 0 saturated carbocycles. The zero-order chi connectivity index (χ0) is 61.3. The molecule has 8 rings (SSSR count). The van der Waals surface area contributed by atoms with Crippen LogP contribution in [0.5, 0.6) is 0 Å². The molecule has 4 heterocycles. The van der Waals surface area contributed by atoms with Gasteiger partial charge in [0, 0.05) is 54.4 Å². The fourth-order valence-electron chi connectivity index (χ4n) is 8.20.